The third-order valence-electron chi connectivity index (χ3n) is 2.33. The number of carbonyl (C=O) groups is 1. The fourth-order valence-corrected chi connectivity index (χ4v) is 2.71. The molecule has 0 bridgehead atoms. The molecule has 0 fully saturated rings. The number of thiophene rings is 1. The molecule has 1 aromatic carbocycles. The highest BCUT2D eigenvalue weighted by Gasteiger charge is 2.17. The quantitative estimate of drug-likeness (QED) is 0.753. The van der Waals surface area contributed by atoms with Crippen LogP contribution in [0.4, 0.5) is 5.69 Å². The second kappa shape index (κ2) is 3.55. The van der Waals surface area contributed by atoms with Crippen LogP contribution in [0, 0.1) is 6.92 Å². The van der Waals surface area contributed by atoms with Crippen molar-refractivity contribution in [2.24, 2.45) is 0 Å². The molecule has 0 aliphatic rings. The molecule has 0 saturated carbocycles. The minimum Gasteiger partial charge on any atom is -0.465 e. The summed E-state index contributed by atoms with van der Waals surface area (Å²) in [7, 11) is 1.36. The predicted octanol–water partition coefficient (Wildman–Crippen LogP) is 2.58. The van der Waals surface area contributed by atoms with Crippen molar-refractivity contribution in [2.45, 2.75) is 6.92 Å². The second-order valence-corrected chi connectivity index (χ2v) is 4.34. The number of methoxy groups -OCH3 is 1. The average Bonchev–Trinajstić information content (AvgIpc) is 2.56. The van der Waals surface area contributed by atoms with Gasteiger partial charge in [-0.1, -0.05) is 12.1 Å². The van der Waals surface area contributed by atoms with Gasteiger partial charge in [-0.2, -0.15) is 0 Å². The number of hydrogen-bond donors (Lipinski definition) is 1. The fourth-order valence-electron chi connectivity index (χ4n) is 1.59. The van der Waals surface area contributed by atoms with E-state index in [1.807, 2.05) is 25.1 Å². The Balaban J connectivity index is 2.75. The zero-order valence-electron chi connectivity index (χ0n) is 8.53. The van der Waals surface area contributed by atoms with Crippen molar-refractivity contribution in [3.05, 3.63) is 28.6 Å². The Kier molecular flexibility index (Phi) is 2.36. The maximum Gasteiger partial charge on any atom is 0.350 e. The summed E-state index contributed by atoms with van der Waals surface area (Å²) in [6.45, 7) is 1.98. The standard InChI is InChI=1S/C11H11NO2S/c1-6-4-3-5-7-8(6)9(12)10(15-7)11(13)14-2/h3-5H,12H2,1-2H3. The molecule has 0 amide bonds. The number of hydrogen-bond acceptors (Lipinski definition) is 4. The van der Waals surface area contributed by atoms with Crippen LogP contribution in [0.1, 0.15) is 15.2 Å². The van der Waals surface area contributed by atoms with Crippen LogP contribution in [-0.4, -0.2) is 13.1 Å². The van der Waals surface area contributed by atoms with Crippen molar-refractivity contribution < 1.29 is 9.53 Å². The zero-order chi connectivity index (χ0) is 11.0. The van der Waals surface area contributed by atoms with E-state index in [1.54, 1.807) is 0 Å². The van der Waals surface area contributed by atoms with E-state index < -0.39 is 0 Å². The maximum absolute atomic E-state index is 11.4. The molecule has 78 valence electrons. The topological polar surface area (TPSA) is 52.3 Å². The highest BCUT2D eigenvalue weighted by Crippen LogP contribution is 2.35. The van der Waals surface area contributed by atoms with Crippen LogP contribution in [0.5, 0.6) is 0 Å². The summed E-state index contributed by atoms with van der Waals surface area (Å²) in [6, 6.07) is 5.89. The van der Waals surface area contributed by atoms with Crippen LogP contribution >= 0.6 is 11.3 Å². The second-order valence-electron chi connectivity index (χ2n) is 3.28. The lowest BCUT2D eigenvalue weighted by molar-refractivity contribution is 0.0607. The van der Waals surface area contributed by atoms with Crippen LogP contribution in [-0.2, 0) is 4.74 Å². The first-order valence-electron chi connectivity index (χ1n) is 4.51. The Bertz CT molecular complexity index is 531. The Morgan fingerprint density at radius 3 is 2.80 bits per heavy atom. The first-order chi connectivity index (χ1) is 7.15. The van der Waals surface area contributed by atoms with Gasteiger partial charge in [0, 0.05) is 10.1 Å². The average molecular weight is 221 g/mol. The van der Waals surface area contributed by atoms with E-state index in [0.717, 1.165) is 15.6 Å². The molecular formula is C11H11NO2S. The molecule has 2 rings (SSSR count). The van der Waals surface area contributed by atoms with E-state index >= 15 is 0 Å². The Labute approximate surface area is 91.5 Å². The van der Waals surface area contributed by atoms with Crippen LogP contribution in [0.3, 0.4) is 0 Å². The predicted molar refractivity (Wildman–Crippen MR) is 62.3 cm³/mol. The van der Waals surface area contributed by atoms with Crippen LogP contribution in [0.15, 0.2) is 18.2 Å². The normalized spacial score (nSPS) is 10.5. The summed E-state index contributed by atoms with van der Waals surface area (Å²) in [5, 5.41) is 0.961. The first kappa shape index (κ1) is 9.98. The molecule has 0 aliphatic carbocycles. The molecule has 1 heterocycles. The molecule has 0 atom stereocenters. The van der Waals surface area contributed by atoms with Crippen LogP contribution in [0.25, 0.3) is 10.1 Å². The number of benzene rings is 1. The third kappa shape index (κ3) is 1.47. The minimum absolute atomic E-state index is 0.368. The number of anilines is 1. The van der Waals surface area contributed by atoms with Crippen molar-refractivity contribution in [1.82, 2.24) is 0 Å². The summed E-state index contributed by atoms with van der Waals surface area (Å²) in [5.41, 5.74) is 7.53. The lowest BCUT2D eigenvalue weighted by Gasteiger charge is -1.98. The highest BCUT2D eigenvalue weighted by molar-refractivity contribution is 7.21. The van der Waals surface area contributed by atoms with Crippen LogP contribution in [0.2, 0.25) is 0 Å². The number of nitrogens with two attached hydrogens (primary N) is 1. The molecule has 2 aromatic rings. The van der Waals surface area contributed by atoms with Gasteiger partial charge in [0.2, 0.25) is 0 Å². The first-order valence-corrected chi connectivity index (χ1v) is 5.32. The number of ether oxygens (including phenoxy) is 1. The van der Waals surface area contributed by atoms with Crippen LogP contribution < -0.4 is 5.73 Å². The van der Waals surface area contributed by atoms with Gasteiger partial charge in [0.15, 0.2) is 0 Å². The van der Waals surface area contributed by atoms with Crippen molar-refractivity contribution in [3.63, 3.8) is 0 Å². The summed E-state index contributed by atoms with van der Waals surface area (Å²) < 4.78 is 5.70. The van der Waals surface area contributed by atoms with E-state index in [2.05, 4.69) is 4.74 Å². The van der Waals surface area contributed by atoms with Gasteiger partial charge in [0.25, 0.3) is 0 Å². The molecule has 0 unspecified atom stereocenters. The van der Waals surface area contributed by atoms with E-state index in [9.17, 15) is 4.79 Å². The van der Waals surface area contributed by atoms with Gasteiger partial charge in [0.05, 0.1) is 12.8 Å². The molecule has 1 aromatic heterocycles. The number of nitrogen functional groups attached to an aromatic ring is 1. The summed E-state index contributed by atoms with van der Waals surface area (Å²) in [4.78, 5) is 11.9. The number of esters is 1. The summed E-state index contributed by atoms with van der Waals surface area (Å²) >= 11 is 1.37. The highest BCUT2D eigenvalue weighted by atomic mass is 32.1. The molecule has 3 nitrogen and oxygen atoms in total. The molecule has 15 heavy (non-hydrogen) atoms. The summed E-state index contributed by atoms with van der Waals surface area (Å²) in [5.74, 6) is -0.368. The molecule has 0 radical (unpaired) electrons. The zero-order valence-corrected chi connectivity index (χ0v) is 9.35. The molecule has 0 saturated heterocycles. The molecular weight excluding hydrogens is 210 g/mol. The SMILES string of the molecule is COC(=O)c1sc2cccc(C)c2c1N. The van der Waals surface area contributed by atoms with Crippen molar-refractivity contribution in [2.75, 3.05) is 12.8 Å². The van der Waals surface area contributed by atoms with E-state index in [1.165, 1.54) is 18.4 Å². The van der Waals surface area contributed by atoms with Gasteiger partial charge in [-0.25, -0.2) is 4.79 Å². The lowest BCUT2D eigenvalue weighted by atomic mass is 10.1. The van der Waals surface area contributed by atoms with Gasteiger partial charge >= 0.3 is 5.97 Å². The van der Waals surface area contributed by atoms with Gasteiger partial charge in [0.1, 0.15) is 4.88 Å². The van der Waals surface area contributed by atoms with E-state index in [-0.39, 0.29) is 5.97 Å². The Morgan fingerprint density at radius 1 is 1.47 bits per heavy atom. The number of rotatable bonds is 1. The van der Waals surface area contributed by atoms with Crippen molar-refractivity contribution >= 4 is 33.1 Å². The third-order valence-corrected chi connectivity index (χ3v) is 3.48. The Morgan fingerprint density at radius 2 is 2.20 bits per heavy atom. The number of aryl methyl sites for hydroxylation is 1. The van der Waals surface area contributed by atoms with Gasteiger partial charge < -0.3 is 10.5 Å². The number of carbonyl (C=O) groups excluding carboxylic acids is 1. The van der Waals surface area contributed by atoms with Gasteiger partial charge in [-0.3, -0.25) is 0 Å². The molecule has 0 spiro atoms. The Hall–Kier alpha value is -1.55. The smallest absolute Gasteiger partial charge is 0.350 e. The minimum atomic E-state index is -0.368. The lowest BCUT2D eigenvalue weighted by Crippen LogP contribution is -2.01. The van der Waals surface area contributed by atoms with Crippen molar-refractivity contribution in [3.8, 4) is 0 Å². The summed E-state index contributed by atoms with van der Waals surface area (Å²) in [6.07, 6.45) is 0. The maximum atomic E-state index is 11.4. The van der Waals surface area contributed by atoms with Gasteiger partial charge in [-0.15, -0.1) is 11.3 Å². The van der Waals surface area contributed by atoms with Gasteiger partial charge in [-0.05, 0) is 18.6 Å². The molecule has 2 N–H and O–H groups in total. The van der Waals surface area contributed by atoms with Crippen molar-refractivity contribution in [1.29, 1.82) is 0 Å². The largest absolute Gasteiger partial charge is 0.465 e. The fraction of sp³-hybridized carbons (Fsp3) is 0.182. The van der Waals surface area contributed by atoms with E-state index in [0.29, 0.717) is 10.6 Å². The monoisotopic (exact) mass is 221 g/mol. The molecule has 0 aliphatic heterocycles. The number of fused-ring (bicyclic) bond motifs is 1. The van der Waals surface area contributed by atoms with E-state index in [4.69, 9.17) is 5.73 Å². The molecule has 4 heteroatoms.